The van der Waals surface area contributed by atoms with E-state index in [-0.39, 0.29) is 0 Å². The molecule has 0 saturated carbocycles. The normalized spacial score (nSPS) is 12.4. The highest BCUT2D eigenvalue weighted by Crippen LogP contribution is 2.58. The molecule has 0 saturated heterocycles. The lowest BCUT2D eigenvalue weighted by Gasteiger charge is -2.34. The molecular formula is C58H39N3. The molecule has 0 unspecified atom stereocenters. The summed E-state index contributed by atoms with van der Waals surface area (Å²) in [6.45, 7) is 0. The Morgan fingerprint density at radius 2 is 0.623 bits per heavy atom. The van der Waals surface area contributed by atoms with Gasteiger partial charge in [0.25, 0.3) is 0 Å². The molecule has 1 aromatic heterocycles. The van der Waals surface area contributed by atoms with Crippen molar-refractivity contribution in [3.63, 3.8) is 0 Å². The first-order chi connectivity index (χ1) is 30.2. The molecule has 11 rings (SSSR count). The highest BCUT2D eigenvalue weighted by atomic mass is 15.0. The minimum Gasteiger partial charge on any atom is -0.208 e. The van der Waals surface area contributed by atoms with E-state index in [1.165, 1.54) is 44.5 Å². The predicted octanol–water partition coefficient (Wildman–Crippen LogP) is 14.2. The van der Waals surface area contributed by atoms with Crippen LogP contribution in [0.1, 0.15) is 22.3 Å². The molecule has 286 valence electrons. The summed E-state index contributed by atoms with van der Waals surface area (Å²) in [5, 5.41) is 0. The molecule has 10 aromatic rings. The van der Waals surface area contributed by atoms with Gasteiger partial charge in [0.15, 0.2) is 17.5 Å². The van der Waals surface area contributed by atoms with Gasteiger partial charge in [-0.1, -0.05) is 212 Å². The van der Waals surface area contributed by atoms with Crippen LogP contribution < -0.4 is 0 Å². The van der Waals surface area contributed by atoms with Crippen LogP contribution in [0.3, 0.4) is 0 Å². The third-order valence-electron chi connectivity index (χ3n) is 12.0. The Morgan fingerprint density at radius 1 is 0.230 bits per heavy atom. The lowest BCUT2D eigenvalue weighted by Crippen LogP contribution is -2.28. The van der Waals surface area contributed by atoms with Crippen LogP contribution in [0.25, 0.3) is 78.7 Å². The summed E-state index contributed by atoms with van der Waals surface area (Å²) in [6, 6.07) is 84.5. The quantitative estimate of drug-likeness (QED) is 0.154. The monoisotopic (exact) mass is 777 g/mol. The number of nitrogens with zero attached hydrogens (tertiary/aromatic N) is 3. The highest BCUT2D eigenvalue weighted by molar-refractivity contribution is 5.96. The van der Waals surface area contributed by atoms with E-state index in [1.807, 2.05) is 60.7 Å². The SMILES string of the molecule is c1ccc(-c2cccc(-c3cc4c(cc3-c3cccc(-c5nc(-c6ccccc6)nc(-c6ccccc6)n5)c3)-c3ccccc3C4(c3ccccc3)c3ccccc3)c2)cc1. The second-order valence-electron chi connectivity index (χ2n) is 15.5. The van der Waals surface area contributed by atoms with Crippen molar-refractivity contribution in [3.8, 4) is 78.7 Å². The van der Waals surface area contributed by atoms with Gasteiger partial charge < -0.3 is 0 Å². The van der Waals surface area contributed by atoms with Crippen LogP contribution in [0, 0.1) is 0 Å². The van der Waals surface area contributed by atoms with Crippen molar-refractivity contribution in [2.45, 2.75) is 5.41 Å². The minimum absolute atomic E-state index is 0.535. The van der Waals surface area contributed by atoms with Crippen molar-refractivity contribution in [3.05, 3.63) is 259 Å². The van der Waals surface area contributed by atoms with E-state index in [4.69, 9.17) is 15.0 Å². The van der Waals surface area contributed by atoms with Crippen molar-refractivity contribution in [2.24, 2.45) is 0 Å². The largest absolute Gasteiger partial charge is 0.208 e. The van der Waals surface area contributed by atoms with Crippen LogP contribution in [0.4, 0.5) is 0 Å². The van der Waals surface area contributed by atoms with Gasteiger partial charge in [-0.3, -0.25) is 0 Å². The second kappa shape index (κ2) is 15.3. The Hall–Kier alpha value is -8.01. The fraction of sp³-hybridized carbons (Fsp3) is 0.0172. The summed E-state index contributed by atoms with van der Waals surface area (Å²) in [7, 11) is 0. The molecule has 0 atom stereocenters. The molecule has 1 aliphatic rings. The zero-order chi connectivity index (χ0) is 40.6. The summed E-state index contributed by atoms with van der Waals surface area (Å²) in [4.78, 5) is 15.2. The Kier molecular flexibility index (Phi) is 9.05. The van der Waals surface area contributed by atoms with Crippen LogP contribution in [-0.4, -0.2) is 15.0 Å². The average molecular weight is 778 g/mol. The Morgan fingerprint density at radius 3 is 1.18 bits per heavy atom. The lowest BCUT2D eigenvalue weighted by atomic mass is 9.67. The molecule has 0 aliphatic heterocycles. The summed E-state index contributed by atoms with van der Waals surface area (Å²) in [6.07, 6.45) is 0. The molecule has 0 N–H and O–H groups in total. The van der Waals surface area contributed by atoms with Gasteiger partial charge in [-0.05, 0) is 91.0 Å². The van der Waals surface area contributed by atoms with Crippen molar-refractivity contribution < 1.29 is 0 Å². The maximum absolute atomic E-state index is 5.11. The van der Waals surface area contributed by atoms with Crippen molar-refractivity contribution in [2.75, 3.05) is 0 Å². The fourth-order valence-corrected chi connectivity index (χ4v) is 9.23. The minimum atomic E-state index is -0.535. The molecule has 0 amide bonds. The molecular weight excluding hydrogens is 739 g/mol. The Labute approximate surface area is 356 Å². The number of rotatable bonds is 8. The van der Waals surface area contributed by atoms with E-state index >= 15 is 0 Å². The molecule has 1 aliphatic carbocycles. The van der Waals surface area contributed by atoms with Gasteiger partial charge in [0, 0.05) is 16.7 Å². The molecule has 0 fully saturated rings. The van der Waals surface area contributed by atoms with Crippen LogP contribution in [0.5, 0.6) is 0 Å². The fourth-order valence-electron chi connectivity index (χ4n) is 9.23. The third kappa shape index (κ3) is 6.35. The van der Waals surface area contributed by atoms with Crippen molar-refractivity contribution in [1.82, 2.24) is 15.0 Å². The maximum Gasteiger partial charge on any atom is 0.164 e. The zero-order valence-electron chi connectivity index (χ0n) is 33.4. The molecule has 9 aromatic carbocycles. The third-order valence-corrected chi connectivity index (χ3v) is 12.0. The van der Waals surface area contributed by atoms with Crippen LogP contribution in [0.15, 0.2) is 237 Å². The molecule has 61 heavy (non-hydrogen) atoms. The first-order valence-corrected chi connectivity index (χ1v) is 20.8. The standard InChI is InChI=1S/C58H39N3/c1-6-20-40(21-7-1)43-26-18-27-44(36-43)51-39-54-52(49-34-16-17-35-53(49)58(54,47-30-12-4-13-31-47)48-32-14-5-15-33-48)38-50(51)45-28-19-29-46(37-45)57-60-55(41-22-8-2-9-23-41)59-56(61-57)42-24-10-3-11-25-42/h1-39H. The van der Waals surface area contributed by atoms with E-state index in [0.29, 0.717) is 17.5 Å². The van der Waals surface area contributed by atoms with Crippen molar-refractivity contribution in [1.29, 1.82) is 0 Å². The summed E-state index contributed by atoms with van der Waals surface area (Å²) < 4.78 is 0. The first-order valence-electron chi connectivity index (χ1n) is 20.8. The lowest BCUT2D eigenvalue weighted by molar-refractivity contribution is 0.769. The number of fused-ring (bicyclic) bond motifs is 3. The zero-order valence-corrected chi connectivity index (χ0v) is 33.4. The Bertz CT molecular complexity index is 3070. The van der Waals surface area contributed by atoms with Gasteiger partial charge in [0.2, 0.25) is 0 Å². The molecule has 1 heterocycles. The molecule has 0 radical (unpaired) electrons. The molecule has 0 spiro atoms. The molecule has 0 bridgehead atoms. The van der Waals surface area contributed by atoms with Gasteiger partial charge in [0.05, 0.1) is 5.41 Å². The van der Waals surface area contributed by atoms with Gasteiger partial charge in [-0.25, -0.2) is 15.0 Å². The summed E-state index contributed by atoms with van der Waals surface area (Å²) in [5.74, 6) is 1.90. The van der Waals surface area contributed by atoms with Gasteiger partial charge in [-0.15, -0.1) is 0 Å². The summed E-state index contributed by atoms with van der Waals surface area (Å²) in [5.41, 5.74) is 16.6. The van der Waals surface area contributed by atoms with Gasteiger partial charge in [-0.2, -0.15) is 0 Å². The molecule has 3 heteroatoms. The highest BCUT2D eigenvalue weighted by Gasteiger charge is 2.46. The number of benzene rings is 9. The van der Waals surface area contributed by atoms with E-state index in [9.17, 15) is 0 Å². The second-order valence-corrected chi connectivity index (χ2v) is 15.5. The van der Waals surface area contributed by atoms with E-state index < -0.39 is 5.41 Å². The molecule has 3 nitrogen and oxygen atoms in total. The van der Waals surface area contributed by atoms with Gasteiger partial charge >= 0.3 is 0 Å². The smallest absolute Gasteiger partial charge is 0.164 e. The van der Waals surface area contributed by atoms with E-state index in [2.05, 4.69) is 176 Å². The predicted molar refractivity (Wildman–Crippen MR) is 250 cm³/mol. The van der Waals surface area contributed by atoms with Gasteiger partial charge in [0.1, 0.15) is 0 Å². The van der Waals surface area contributed by atoms with Crippen LogP contribution in [0.2, 0.25) is 0 Å². The number of hydrogen-bond donors (Lipinski definition) is 0. The topological polar surface area (TPSA) is 38.7 Å². The first kappa shape index (κ1) is 36.1. The Balaban J connectivity index is 1.17. The van der Waals surface area contributed by atoms with E-state index in [1.54, 1.807) is 0 Å². The van der Waals surface area contributed by atoms with Crippen LogP contribution >= 0.6 is 0 Å². The number of hydrogen-bond acceptors (Lipinski definition) is 3. The number of aromatic nitrogens is 3. The summed E-state index contributed by atoms with van der Waals surface area (Å²) >= 11 is 0. The van der Waals surface area contributed by atoms with Crippen LogP contribution in [-0.2, 0) is 5.41 Å². The average Bonchev–Trinajstić information content (AvgIpc) is 3.65. The van der Waals surface area contributed by atoms with E-state index in [0.717, 1.165) is 38.9 Å². The maximum atomic E-state index is 5.11. The van der Waals surface area contributed by atoms with Crippen molar-refractivity contribution >= 4 is 0 Å².